The average Bonchev–Trinajstić information content (AvgIpc) is 0.988. The second-order valence-corrected chi connectivity index (χ2v) is 32.9. The van der Waals surface area contributed by atoms with E-state index < -0.39 is 0 Å². The number of aromatic nitrogens is 6. The Morgan fingerprint density at radius 1 is 0.190 bits per heavy atom. The molecule has 3 aliphatic rings. The second-order valence-electron chi connectivity index (χ2n) is 32.9. The lowest BCUT2D eigenvalue weighted by atomic mass is 9.84. The predicted octanol–water partition coefficient (Wildman–Crippen LogP) is 31.3. The van der Waals surface area contributed by atoms with E-state index in [1.165, 1.54) is 137 Å². The SMILES string of the molecule is CCc1nc2cccc3c2n1-c1cc(-c2ccc(-c4ccc5c(-c6ccc7ccccc7c6)c6ccccc6c(-c6ccc7ccccc7c6)c5c4)cc2)ccc1O3.CCc1nc2cccc3c2n1-c1cc(-c2ccc(-c4ccc5ccccc5c4)cc2)ccc1O3.CCc1nc2cccc3c2n1-c1cc(-c2ccc4cc(-c5ccccc5)ccc4c2)ccc1O3. The molecule has 0 aliphatic carbocycles. The van der Waals surface area contributed by atoms with Crippen molar-refractivity contribution in [1.29, 1.82) is 0 Å². The fourth-order valence-electron chi connectivity index (χ4n) is 19.4. The maximum atomic E-state index is 6.39. The fraction of sp³-hybridized carbons (Fsp3) is 0.0513. The third kappa shape index (κ3) is 12.6. The van der Waals surface area contributed by atoms with Gasteiger partial charge in [0.1, 0.15) is 34.0 Å². The molecule has 3 aromatic heterocycles. The Labute approximate surface area is 728 Å². The lowest BCUT2D eigenvalue weighted by Gasteiger charge is -2.21. The summed E-state index contributed by atoms with van der Waals surface area (Å²) < 4.78 is 25.7. The topological polar surface area (TPSA) is 81.1 Å². The Kier molecular flexibility index (Phi) is 17.6. The number of aryl methyl sites for hydroxylation is 3. The van der Waals surface area contributed by atoms with Crippen molar-refractivity contribution in [2.75, 3.05) is 0 Å². The molecule has 0 fully saturated rings. The van der Waals surface area contributed by atoms with Crippen molar-refractivity contribution in [1.82, 2.24) is 28.7 Å². The highest BCUT2D eigenvalue weighted by Crippen LogP contribution is 2.50. The van der Waals surface area contributed by atoms with Crippen molar-refractivity contribution in [3.63, 3.8) is 0 Å². The highest BCUT2D eigenvalue weighted by atomic mass is 16.5. The maximum Gasteiger partial charge on any atom is 0.153 e. The van der Waals surface area contributed by atoms with Crippen LogP contribution in [0.15, 0.2) is 394 Å². The molecule has 0 spiro atoms. The van der Waals surface area contributed by atoms with Crippen LogP contribution in [-0.2, 0) is 19.3 Å². The molecule has 0 radical (unpaired) electrons. The number of benzene rings is 20. The van der Waals surface area contributed by atoms with Gasteiger partial charge in [-0.2, -0.15) is 0 Å². The minimum Gasteiger partial charge on any atom is -0.453 e. The fourth-order valence-corrected chi connectivity index (χ4v) is 19.4. The largest absolute Gasteiger partial charge is 0.453 e. The molecule has 0 bridgehead atoms. The molecule has 0 atom stereocenters. The summed E-state index contributed by atoms with van der Waals surface area (Å²) in [6, 6.07) is 142. The van der Waals surface area contributed by atoms with Gasteiger partial charge in [-0.1, -0.05) is 306 Å². The summed E-state index contributed by atoms with van der Waals surface area (Å²) in [5.74, 6) is 8.30. The number of ether oxygens (including phenoxy) is 3. The highest BCUT2D eigenvalue weighted by molar-refractivity contribution is 6.23. The van der Waals surface area contributed by atoms with Crippen LogP contribution in [0.5, 0.6) is 34.5 Å². The Morgan fingerprint density at radius 2 is 0.452 bits per heavy atom. The van der Waals surface area contributed by atoms with E-state index >= 15 is 0 Å². The number of hydrogen-bond acceptors (Lipinski definition) is 6. The Morgan fingerprint density at radius 3 is 0.841 bits per heavy atom. The Bertz CT molecular complexity index is 8380. The summed E-state index contributed by atoms with van der Waals surface area (Å²) in [5, 5.41) is 15.0. The molecule has 9 heteroatoms. The summed E-state index contributed by atoms with van der Waals surface area (Å²) in [6.45, 7) is 6.46. The van der Waals surface area contributed by atoms with Crippen LogP contribution >= 0.6 is 0 Å². The molecular weight excluding hydrogens is 1540 g/mol. The third-order valence-corrected chi connectivity index (χ3v) is 25.6. The number of fused-ring (bicyclic) bond motifs is 12. The lowest BCUT2D eigenvalue weighted by Crippen LogP contribution is -2.07. The predicted molar refractivity (Wildman–Crippen MR) is 520 cm³/mol. The zero-order valence-corrected chi connectivity index (χ0v) is 69.6. The zero-order valence-electron chi connectivity index (χ0n) is 69.6. The molecule has 26 rings (SSSR count). The lowest BCUT2D eigenvalue weighted by molar-refractivity contribution is 0.474. The van der Waals surface area contributed by atoms with E-state index in [1.54, 1.807) is 0 Å². The van der Waals surface area contributed by atoms with Crippen LogP contribution in [0.1, 0.15) is 38.2 Å². The van der Waals surface area contributed by atoms with E-state index in [2.05, 4.69) is 392 Å². The van der Waals surface area contributed by atoms with Crippen LogP contribution in [0.3, 0.4) is 0 Å². The molecule has 596 valence electrons. The van der Waals surface area contributed by atoms with Crippen LogP contribution in [0.2, 0.25) is 0 Å². The number of rotatable bonds is 11. The first-order chi connectivity index (χ1) is 62.2. The molecule has 0 saturated heterocycles. The minimum absolute atomic E-state index is 0.834. The van der Waals surface area contributed by atoms with Crippen LogP contribution < -0.4 is 14.2 Å². The first kappa shape index (κ1) is 73.7. The quantitative estimate of drug-likeness (QED) is 0.120. The highest BCUT2D eigenvalue weighted by Gasteiger charge is 2.29. The van der Waals surface area contributed by atoms with Crippen LogP contribution in [0.4, 0.5) is 0 Å². The van der Waals surface area contributed by atoms with Crippen molar-refractivity contribution in [3.05, 3.63) is 412 Å². The van der Waals surface area contributed by atoms with Crippen molar-refractivity contribution >= 4 is 97.7 Å². The summed E-state index contributed by atoms with van der Waals surface area (Å²) in [7, 11) is 0. The van der Waals surface area contributed by atoms with E-state index in [0.717, 1.165) is 138 Å². The van der Waals surface area contributed by atoms with Crippen molar-refractivity contribution in [2.24, 2.45) is 0 Å². The third-order valence-electron chi connectivity index (χ3n) is 25.6. The molecule has 126 heavy (non-hydrogen) atoms. The van der Waals surface area contributed by atoms with Gasteiger partial charge in [0.2, 0.25) is 0 Å². The van der Waals surface area contributed by atoms with Gasteiger partial charge in [0.15, 0.2) is 34.5 Å². The van der Waals surface area contributed by atoms with Crippen LogP contribution in [0, 0.1) is 0 Å². The number of nitrogens with zero attached hydrogens (tertiary/aromatic N) is 6. The molecule has 0 saturated carbocycles. The molecule has 0 amide bonds. The molecular formula is C117H80N6O3. The van der Waals surface area contributed by atoms with Gasteiger partial charge in [0.05, 0.1) is 33.6 Å². The molecule has 6 heterocycles. The van der Waals surface area contributed by atoms with Gasteiger partial charge in [0, 0.05) is 19.3 Å². The monoisotopic (exact) mass is 1620 g/mol. The van der Waals surface area contributed by atoms with Crippen LogP contribution in [-0.4, -0.2) is 28.7 Å². The van der Waals surface area contributed by atoms with E-state index in [0.29, 0.717) is 0 Å². The summed E-state index contributed by atoms with van der Waals surface area (Å²) in [5.41, 5.74) is 28.4. The number of hydrogen-bond donors (Lipinski definition) is 0. The Hall–Kier alpha value is -16.2. The van der Waals surface area contributed by atoms with Gasteiger partial charge in [-0.15, -0.1) is 0 Å². The van der Waals surface area contributed by atoms with Gasteiger partial charge in [-0.25, -0.2) is 15.0 Å². The van der Waals surface area contributed by atoms with Gasteiger partial charge in [-0.05, 0) is 263 Å². The second kappa shape index (κ2) is 30.1. The number of para-hydroxylation sites is 3. The zero-order chi connectivity index (χ0) is 83.6. The van der Waals surface area contributed by atoms with Gasteiger partial charge in [-0.3, -0.25) is 13.7 Å². The van der Waals surface area contributed by atoms with Crippen molar-refractivity contribution in [3.8, 4) is 141 Å². The van der Waals surface area contributed by atoms with E-state index in [4.69, 9.17) is 29.2 Å². The summed E-state index contributed by atoms with van der Waals surface area (Å²) in [4.78, 5) is 14.7. The normalized spacial score (nSPS) is 12.1. The van der Waals surface area contributed by atoms with Gasteiger partial charge < -0.3 is 14.2 Å². The summed E-state index contributed by atoms with van der Waals surface area (Å²) in [6.07, 6.45) is 2.55. The van der Waals surface area contributed by atoms with E-state index in [1.807, 2.05) is 36.4 Å². The molecule has 0 N–H and O–H groups in total. The van der Waals surface area contributed by atoms with E-state index in [-0.39, 0.29) is 0 Å². The Balaban J connectivity index is 0.000000112. The van der Waals surface area contributed by atoms with Crippen molar-refractivity contribution in [2.45, 2.75) is 40.0 Å². The van der Waals surface area contributed by atoms with Crippen molar-refractivity contribution < 1.29 is 14.2 Å². The van der Waals surface area contributed by atoms with Gasteiger partial charge in [0.25, 0.3) is 0 Å². The molecule has 23 aromatic rings. The first-order valence-electron chi connectivity index (χ1n) is 43.5. The minimum atomic E-state index is 0.834. The molecule has 9 nitrogen and oxygen atoms in total. The smallest absolute Gasteiger partial charge is 0.153 e. The van der Waals surface area contributed by atoms with Crippen LogP contribution in [0.25, 0.3) is 204 Å². The summed E-state index contributed by atoms with van der Waals surface area (Å²) >= 11 is 0. The van der Waals surface area contributed by atoms with Gasteiger partial charge >= 0.3 is 0 Å². The maximum absolute atomic E-state index is 6.39. The molecule has 20 aromatic carbocycles. The van der Waals surface area contributed by atoms with E-state index in [9.17, 15) is 0 Å². The standard InChI is InChI=1S/C55H36N2O.2C31H22N2O/c1-2-52-56-48-16-9-17-51-55(48)57(52)49-33-41(27-29-50(49)58-51)37-20-18-36(19-21-37)40-26-28-46-47(32-40)54(43-25-23-35-11-4-6-13-39(35)31-43)45-15-8-7-14-44(45)53(46)42-24-22-34-10-3-5-12-38(34)30-42;1-2-30-32-26-8-5-9-29-31(26)33(30)27-19-25(16-17-28(27)34-29)22-12-10-21(11-13-22)24-15-14-20-6-3-4-7-23(20)18-24;1-2-30-32-26-9-6-10-29-31(26)33(30)27-19-25(15-16-28(27)34-29)24-14-13-22-17-21(11-12-23(22)18-24)20-7-4-3-5-8-20/h3-33H,2H2,1H3;2*3-19H,2H2,1H3. The average molecular weight is 1620 g/mol. The first-order valence-corrected chi connectivity index (χ1v) is 43.5. The molecule has 3 aliphatic heterocycles. The number of imidazole rings is 3. The molecule has 0 unspecified atom stereocenters.